The lowest BCUT2D eigenvalue weighted by Crippen LogP contribution is -2.16. The topological polar surface area (TPSA) is 52.3 Å². The van der Waals surface area contributed by atoms with Crippen LogP contribution in [0.3, 0.4) is 0 Å². The van der Waals surface area contributed by atoms with Crippen LogP contribution in [0.5, 0.6) is 0 Å². The summed E-state index contributed by atoms with van der Waals surface area (Å²) in [6, 6.07) is 0. The second-order valence-corrected chi connectivity index (χ2v) is 1.92. The summed E-state index contributed by atoms with van der Waals surface area (Å²) in [4.78, 5) is 10.1. The lowest BCUT2D eigenvalue weighted by molar-refractivity contribution is -0.141. The van der Waals surface area contributed by atoms with E-state index in [4.69, 9.17) is 28.9 Å². The summed E-state index contributed by atoms with van der Waals surface area (Å²) in [7, 11) is 0. The molecule has 0 aromatic carbocycles. The summed E-state index contributed by atoms with van der Waals surface area (Å²) in [5.74, 6) is -0.345. The number of ether oxygens (including phenoxy) is 1. The molecule has 11 heavy (non-hydrogen) atoms. The highest BCUT2D eigenvalue weighted by atomic mass is 35.5. The highest BCUT2D eigenvalue weighted by Gasteiger charge is 1.91. The lowest BCUT2D eigenvalue weighted by Gasteiger charge is -1.93. The first-order valence-corrected chi connectivity index (χ1v) is 3.77. The molecular weight excluding hydrogens is 212 g/mol. The molecule has 0 aromatic heterocycles. The SMILES string of the molecule is CCOC(=O)CN.Cl.ClCCl. The van der Waals surface area contributed by atoms with Crippen molar-refractivity contribution in [3.05, 3.63) is 0 Å². The Labute approximate surface area is 82.6 Å². The van der Waals surface area contributed by atoms with Crippen molar-refractivity contribution in [1.29, 1.82) is 0 Å². The van der Waals surface area contributed by atoms with Crippen LogP contribution < -0.4 is 5.73 Å². The molecule has 0 bridgehead atoms. The third-order valence-electron chi connectivity index (χ3n) is 0.472. The Hall–Kier alpha value is 0.300. The van der Waals surface area contributed by atoms with Gasteiger partial charge in [0.25, 0.3) is 0 Å². The molecule has 0 spiro atoms. The van der Waals surface area contributed by atoms with E-state index in [-0.39, 0.29) is 30.3 Å². The molecule has 0 aliphatic rings. The van der Waals surface area contributed by atoms with Crippen LogP contribution in [0.4, 0.5) is 0 Å². The molecule has 0 saturated carbocycles. The fourth-order valence-electron chi connectivity index (χ4n) is 0.220. The van der Waals surface area contributed by atoms with E-state index in [2.05, 4.69) is 4.74 Å². The first kappa shape index (κ1) is 17.4. The van der Waals surface area contributed by atoms with E-state index in [1.54, 1.807) is 6.92 Å². The molecule has 2 N–H and O–H groups in total. The molecule has 3 nitrogen and oxygen atoms in total. The van der Waals surface area contributed by atoms with Gasteiger partial charge in [-0.3, -0.25) is 4.79 Å². The molecule has 0 fully saturated rings. The summed E-state index contributed by atoms with van der Waals surface area (Å²) >= 11 is 9.53. The number of halogens is 3. The number of carbonyl (C=O) groups excluding carboxylic acids is 1. The average Bonchev–Trinajstić information content (AvgIpc) is 1.90. The van der Waals surface area contributed by atoms with E-state index in [0.29, 0.717) is 6.61 Å². The summed E-state index contributed by atoms with van der Waals surface area (Å²) in [5, 5.41) is 0.194. The van der Waals surface area contributed by atoms with Gasteiger partial charge in [0, 0.05) is 0 Å². The van der Waals surface area contributed by atoms with Crippen LogP contribution in [-0.4, -0.2) is 24.5 Å². The molecule has 0 saturated heterocycles. The first-order chi connectivity index (χ1) is 4.72. The molecule has 0 aliphatic carbocycles. The molecule has 6 heteroatoms. The Balaban J connectivity index is -0.000000140. The van der Waals surface area contributed by atoms with Crippen molar-refractivity contribution in [2.75, 3.05) is 18.5 Å². The molecule has 0 heterocycles. The quantitative estimate of drug-likeness (QED) is 0.569. The fraction of sp³-hybridized carbons (Fsp3) is 0.800. The van der Waals surface area contributed by atoms with E-state index in [0.717, 1.165) is 0 Å². The van der Waals surface area contributed by atoms with Crippen molar-refractivity contribution in [3.63, 3.8) is 0 Å². The van der Waals surface area contributed by atoms with Crippen LogP contribution in [0.15, 0.2) is 0 Å². The van der Waals surface area contributed by atoms with Gasteiger partial charge in [-0.05, 0) is 6.92 Å². The number of nitrogens with two attached hydrogens (primary N) is 1. The summed E-state index contributed by atoms with van der Waals surface area (Å²) in [6.45, 7) is 2.14. The normalized spacial score (nSPS) is 6.91. The van der Waals surface area contributed by atoms with Crippen LogP contribution in [0.2, 0.25) is 0 Å². The number of hydrogen-bond acceptors (Lipinski definition) is 3. The Bertz CT molecular complexity index is 82.1. The Morgan fingerprint density at radius 1 is 1.55 bits per heavy atom. The van der Waals surface area contributed by atoms with Gasteiger partial charge in [-0.25, -0.2) is 0 Å². The second kappa shape index (κ2) is 16.7. The smallest absolute Gasteiger partial charge is 0.319 e. The van der Waals surface area contributed by atoms with E-state index in [1.165, 1.54) is 0 Å². The monoisotopic (exact) mass is 223 g/mol. The molecule has 0 radical (unpaired) electrons. The van der Waals surface area contributed by atoms with Gasteiger partial charge < -0.3 is 10.5 Å². The van der Waals surface area contributed by atoms with E-state index >= 15 is 0 Å². The number of hydrogen-bond donors (Lipinski definition) is 1. The highest BCUT2D eigenvalue weighted by Crippen LogP contribution is 1.73. The summed E-state index contributed by atoms with van der Waals surface area (Å²) in [6.07, 6.45) is 0. The van der Waals surface area contributed by atoms with Gasteiger partial charge in [-0.1, -0.05) is 0 Å². The Morgan fingerprint density at radius 3 is 2.00 bits per heavy atom. The first-order valence-electron chi connectivity index (χ1n) is 2.70. The number of rotatable bonds is 2. The second-order valence-electron chi connectivity index (χ2n) is 1.11. The predicted molar refractivity (Wildman–Crippen MR) is 49.5 cm³/mol. The molecule has 0 aromatic rings. The lowest BCUT2D eigenvalue weighted by atomic mass is 10.7. The maximum Gasteiger partial charge on any atom is 0.319 e. The summed E-state index contributed by atoms with van der Waals surface area (Å²) in [5.41, 5.74) is 4.88. The van der Waals surface area contributed by atoms with Crippen molar-refractivity contribution in [2.45, 2.75) is 6.92 Å². The zero-order valence-electron chi connectivity index (χ0n) is 6.18. The Kier molecular flexibility index (Phi) is 26.4. The van der Waals surface area contributed by atoms with Crippen LogP contribution in [0, 0.1) is 0 Å². The third-order valence-corrected chi connectivity index (χ3v) is 0.472. The zero-order valence-corrected chi connectivity index (χ0v) is 8.51. The van der Waals surface area contributed by atoms with Crippen molar-refractivity contribution >= 4 is 41.6 Å². The van der Waals surface area contributed by atoms with Crippen LogP contribution >= 0.6 is 35.6 Å². The largest absolute Gasteiger partial charge is 0.465 e. The van der Waals surface area contributed by atoms with Gasteiger partial charge in [0.1, 0.15) is 0 Å². The van der Waals surface area contributed by atoms with Crippen LogP contribution in [-0.2, 0) is 9.53 Å². The van der Waals surface area contributed by atoms with Gasteiger partial charge in [-0.15, -0.1) is 35.6 Å². The molecule has 0 atom stereocenters. The maximum absolute atomic E-state index is 10.1. The minimum atomic E-state index is -0.345. The van der Waals surface area contributed by atoms with E-state index in [1.807, 2.05) is 0 Å². The van der Waals surface area contributed by atoms with Gasteiger partial charge in [-0.2, -0.15) is 0 Å². The number of esters is 1. The van der Waals surface area contributed by atoms with Gasteiger partial charge >= 0.3 is 5.97 Å². The zero-order chi connectivity index (χ0) is 8.41. The van der Waals surface area contributed by atoms with Crippen molar-refractivity contribution < 1.29 is 9.53 Å². The maximum atomic E-state index is 10.1. The van der Waals surface area contributed by atoms with Crippen molar-refractivity contribution in [2.24, 2.45) is 5.73 Å². The third kappa shape index (κ3) is 25.3. The standard InChI is InChI=1S/C4H9NO2.CH2Cl2.ClH/c1-2-7-4(6)3-5;2-1-3;/h2-3,5H2,1H3;1H2;1H. The van der Waals surface area contributed by atoms with E-state index < -0.39 is 0 Å². The number of carbonyl (C=O) groups is 1. The number of alkyl halides is 2. The van der Waals surface area contributed by atoms with Gasteiger partial charge in [0.15, 0.2) is 0 Å². The minimum Gasteiger partial charge on any atom is -0.465 e. The van der Waals surface area contributed by atoms with Crippen LogP contribution in [0.1, 0.15) is 6.92 Å². The van der Waals surface area contributed by atoms with Crippen molar-refractivity contribution in [3.8, 4) is 0 Å². The Morgan fingerprint density at radius 2 is 1.91 bits per heavy atom. The van der Waals surface area contributed by atoms with Crippen molar-refractivity contribution in [1.82, 2.24) is 0 Å². The summed E-state index contributed by atoms with van der Waals surface area (Å²) < 4.78 is 4.43. The molecule has 70 valence electrons. The van der Waals surface area contributed by atoms with E-state index in [9.17, 15) is 4.79 Å². The molecule has 0 unspecified atom stereocenters. The predicted octanol–water partition coefficient (Wildman–Crippen LogP) is 1.35. The van der Waals surface area contributed by atoms with Gasteiger partial charge in [0.05, 0.1) is 18.5 Å². The molecule has 0 rings (SSSR count). The highest BCUT2D eigenvalue weighted by molar-refractivity contribution is 6.40. The fourth-order valence-corrected chi connectivity index (χ4v) is 0.220. The molecule has 0 amide bonds. The molecular formula is C5H12Cl3NO2. The van der Waals surface area contributed by atoms with Gasteiger partial charge in [0.2, 0.25) is 0 Å². The molecule has 0 aliphatic heterocycles. The minimum absolute atomic E-state index is 0. The van der Waals surface area contributed by atoms with Crippen LogP contribution in [0.25, 0.3) is 0 Å². The average molecular weight is 225 g/mol.